The second kappa shape index (κ2) is 4.55. The highest BCUT2D eigenvalue weighted by Crippen LogP contribution is 2.43. The highest BCUT2D eigenvalue weighted by atomic mass is 32.1. The van der Waals surface area contributed by atoms with Crippen LogP contribution in [-0.2, 0) is 19.7 Å². The first-order valence-corrected chi connectivity index (χ1v) is 6.32. The number of rotatable bonds is 4. The normalized spacial score (nSPS) is 19.9. The van der Waals surface area contributed by atoms with Gasteiger partial charge < -0.3 is 9.47 Å². The molecule has 1 unspecified atom stereocenters. The molecule has 1 aliphatic rings. The van der Waals surface area contributed by atoms with Gasteiger partial charge in [0.1, 0.15) is 0 Å². The van der Waals surface area contributed by atoms with Crippen molar-refractivity contribution in [2.24, 2.45) is 5.92 Å². The van der Waals surface area contributed by atoms with Crippen molar-refractivity contribution in [3.8, 4) is 0 Å². The van der Waals surface area contributed by atoms with Gasteiger partial charge in [0.15, 0.2) is 0 Å². The predicted molar refractivity (Wildman–Crippen MR) is 62.6 cm³/mol. The third-order valence-corrected chi connectivity index (χ3v) is 4.38. The third-order valence-electron chi connectivity index (χ3n) is 3.29. The van der Waals surface area contributed by atoms with Crippen molar-refractivity contribution in [2.45, 2.75) is 18.8 Å². The van der Waals surface area contributed by atoms with Gasteiger partial charge in [-0.1, -0.05) is 13.0 Å². The molecule has 0 spiro atoms. The molecule has 1 atom stereocenters. The summed E-state index contributed by atoms with van der Waals surface area (Å²) in [7, 11) is 1.45. The molecule has 1 aromatic heterocycles. The lowest BCUT2D eigenvalue weighted by Gasteiger charge is -2.45. The molecule has 1 aromatic rings. The monoisotopic (exact) mass is 240 g/mol. The fraction of sp³-hybridized carbons (Fsp3) is 0.583. The van der Waals surface area contributed by atoms with Crippen molar-refractivity contribution >= 4 is 17.3 Å². The van der Waals surface area contributed by atoms with E-state index in [-0.39, 0.29) is 17.3 Å². The van der Waals surface area contributed by atoms with Gasteiger partial charge in [0, 0.05) is 4.88 Å². The van der Waals surface area contributed by atoms with Gasteiger partial charge in [0.25, 0.3) is 0 Å². The SMILES string of the molecule is CCC(C(=O)OC)C1(c2cccs2)COC1. The smallest absolute Gasteiger partial charge is 0.309 e. The molecule has 0 radical (unpaired) electrons. The third kappa shape index (κ3) is 1.66. The van der Waals surface area contributed by atoms with Crippen molar-refractivity contribution < 1.29 is 14.3 Å². The van der Waals surface area contributed by atoms with Gasteiger partial charge in [-0.25, -0.2) is 0 Å². The Morgan fingerprint density at radius 2 is 2.44 bits per heavy atom. The first-order valence-electron chi connectivity index (χ1n) is 5.44. The van der Waals surface area contributed by atoms with Gasteiger partial charge in [-0.3, -0.25) is 4.79 Å². The maximum Gasteiger partial charge on any atom is 0.309 e. The molecular formula is C12H16O3S. The van der Waals surface area contributed by atoms with E-state index < -0.39 is 0 Å². The Morgan fingerprint density at radius 3 is 2.81 bits per heavy atom. The number of hydrogen-bond acceptors (Lipinski definition) is 4. The summed E-state index contributed by atoms with van der Waals surface area (Å²) in [6, 6.07) is 4.10. The van der Waals surface area contributed by atoms with E-state index in [4.69, 9.17) is 9.47 Å². The van der Waals surface area contributed by atoms with Crippen molar-refractivity contribution in [2.75, 3.05) is 20.3 Å². The van der Waals surface area contributed by atoms with E-state index in [1.165, 1.54) is 12.0 Å². The van der Waals surface area contributed by atoms with Crippen LogP contribution < -0.4 is 0 Å². The van der Waals surface area contributed by atoms with Crippen LogP contribution in [0, 0.1) is 5.92 Å². The Hall–Kier alpha value is -0.870. The quantitative estimate of drug-likeness (QED) is 0.757. The van der Waals surface area contributed by atoms with E-state index in [1.807, 2.05) is 18.4 Å². The van der Waals surface area contributed by atoms with Crippen molar-refractivity contribution in [3.63, 3.8) is 0 Å². The van der Waals surface area contributed by atoms with Crippen LogP contribution >= 0.6 is 11.3 Å². The molecule has 4 heteroatoms. The van der Waals surface area contributed by atoms with E-state index >= 15 is 0 Å². The second-order valence-corrected chi connectivity index (χ2v) is 5.06. The van der Waals surface area contributed by atoms with Crippen LogP contribution in [0.4, 0.5) is 0 Å². The molecular weight excluding hydrogens is 224 g/mol. The molecule has 0 aromatic carbocycles. The van der Waals surface area contributed by atoms with Crippen LogP contribution in [0.3, 0.4) is 0 Å². The number of methoxy groups -OCH3 is 1. The average molecular weight is 240 g/mol. The van der Waals surface area contributed by atoms with Gasteiger partial charge in [-0.2, -0.15) is 0 Å². The summed E-state index contributed by atoms with van der Waals surface area (Å²) in [6.45, 7) is 3.28. The molecule has 1 aliphatic heterocycles. The van der Waals surface area contributed by atoms with Crippen molar-refractivity contribution in [1.29, 1.82) is 0 Å². The molecule has 88 valence electrons. The summed E-state index contributed by atoms with van der Waals surface area (Å²) in [5, 5.41) is 2.04. The van der Waals surface area contributed by atoms with Crippen LogP contribution in [0.1, 0.15) is 18.2 Å². The summed E-state index contributed by atoms with van der Waals surface area (Å²) in [6.07, 6.45) is 0.786. The van der Waals surface area contributed by atoms with Crippen LogP contribution in [-0.4, -0.2) is 26.3 Å². The fourth-order valence-corrected chi connectivity index (χ4v) is 3.28. The predicted octanol–water partition coefficient (Wildman–Crippen LogP) is 2.22. The minimum Gasteiger partial charge on any atom is -0.469 e. The van der Waals surface area contributed by atoms with Crippen LogP contribution in [0.5, 0.6) is 0 Å². The number of carbonyl (C=O) groups excluding carboxylic acids is 1. The van der Waals surface area contributed by atoms with Crippen LogP contribution in [0.25, 0.3) is 0 Å². The van der Waals surface area contributed by atoms with E-state index in [0.29, 0.717) is 13.2 Å². The summed E-state index contributed by atoms with van der Waals surface area (Å²) in [4.78, 5) is 13.0. The van der Waals surface area contributed by atoms with Crippen LogP contribution in [0.15, 0.2) is 17.5 Å². The molecule has 3 nitrogen and oxygen atoms in total. The zero-order valence-corrected chi connectivity index (χ0v) is 10.4. The van der Waals surface area contributed by atoms with Gasteiger partial charge in [-0.05, 0) is 17.9 Å². The highest BCUT2D eigenvalue weighted by Gasteiger charge is 2.50. The van der Waals surface area contributed by atoms with Gasteiger partial charge in [-0.15, -0.1) is 11.3 Å². The Kier molecular flexibility index (Phi) is 3.30. The number of hydrogen-bond donors (Lipinski definition) is 0. The standard InChI is InChI=1S/C12H16O3S/c1-3-9(11(13)14-2)12(7-15-8-12)10-5-4-6-16-10/h4-6,9H,3,7-8H2,1-2H3. The molecule has 0 bridgehead atoms. The number of ether oxygens (including phenoxy) is 2. The van der Waals surface area contributed by atoms with Crippen molar-refractivity contribution in [3.05, 3.63) is 22.4 Å². The second-order valence-electron chi connectivity index (χ2n) is 4.11. The molecule has 1 fully saturated rings. The average Bonchev–Trinajstić information content (AvgIpc) is 2.75. The minimum absolute atomic E-state index is 0.0927. The minimum atomic E-state index is -0.143. The molecule has 2 heterocycles. The Labute approximate surface area is 99.4 Å². The number of thiophene rings is 1. The first-order chi connectivity index (χ1) is 7.74. The summed E-state index contributed by atoms with van der Waals surface area (Å²) in [5.41, 5.74) is -0.143. The lowest BCUT2D eigenvalue weighted by molar-refractivity contribution is -0.160. The molecule has 16 heavy (non-hydrogen) atoms. The highest BCUT2D eigenvalue weighted by molar-refractivity contribution is 7.10. The fourth-order valence-electron chi connectivity index (χ4n) is 2.32. The summed E-state index contributed by atoms with van der Waals surface area (Å²) >= 11 is 1.69. The molecule has 0 N–H and O–H groups in total. The number of carbonyl (C=O) groups is 1. The van der Waals surface area contributed by atoms with E-state index in [1.54, 1.807) is 11.3 Å². The zero-order valence-electron chi connectivity index (χ0n) is 9.56. The molecule has 0 aliphatic carbocycles. The zero-order chi connectivity index (χ0) is 11.6. The van der Waals surface area contributed by atoms with E-state index in [0.717, 1.165) is 6.42 Å². The summed E-state index contributed by atoms with van der Waals surface area (Å²) in [5.74, 6) is -0.218. The van der Waals surface area contributed by atoms with Gasteiger partial charge >= 0.3 is 5.97 Å². The van der Waals surface area contributed by atoms with E-state index in [9.17, 15) is 4.79 Å². The Morgan fingerprint density at radius 1 is 1.69 bits per heavy atom. The largest absolute Gasteiger partial charge is 0.469 e. The Balaban J connectivity index is 2.30. The molecule has 0 saturated carbocycles. The summed E-state index contributed by atoms with van der Waals surface area (Å²) < 4.78 is 10.2. The van der Waals surface area contributed by atoms with E-state index in [2.05, 4.69) is 6.07 Å². The lowest BCUT2D eigenvalue weighted by Crippen LogP contribution is -2.54. The molecule has 1 saturated heterocycles. The first kappa shape index (κ1) is 11.6. The van der Waals surface area contributed by atoms with Crippen molar-refractivity contribution in [1.82, 2.24) is 0 Å². The van der Waals surface area contributed by atoms with Gasteiger partial charge in [0.2, 0.25) is 0 Å². The lowest BCUT2D eigenvalue weighted by atomic mass is 9.71. The topological polar surface area (TPSA) is 35.5 Å². The molecule has 0 amide bonds. The van der Waals surface area contributed by atoms with Crippen LogP contribution in [0.2, 0.25) is 0 Å². The Bertz CT molecular complexity index is 354. The molecule has 2 rings (SSSR count). The maximum absolute atomic E-state index is 11.8. The maximum atomic E-state index is 11.8. The number of esters is 1. The van der Waals surface area contributed by atoms with Gasteiger partial charge in [0.05, 0.1) is 31.7 Å².